The summed E-state index contributed by atoms with van der Waals surface area (Å²) in [5, 5.41) is 0. The van der Waals surface area contributed by atoms with Gasteiger partial charge in [-0.25, -0.2) is 4.58 Å². The zero-order chi connectivity index (χ0) is 24.9. The molecule has 1 heterocycles. The van der Waals surface area contributed by atoms with Crippen LogP contribution < -0.4 is 23.7 Å². The van der Waals surface area contributed by atoms with Gasteiger partial charge in [-0.05, 0) is 53.6 Å². The van der Waals surface area contributed by atoms with Gasteiger partial charge in [0, 0.05) is 29.3 Å². The van der Waals surface area contributed by atoms with Gasteiger partial charge in [0.15, 0.2) is 17.2 Å². The first-order valence-corrected chi connectivity index (χ1v) is 11.2. The first-order valence-electron chi connectivity index (χ1n) is 11.2. The molecule has 0 aromatic heterocycles. The molecule has 0 amide bonds. The van der Waals surface area contributed by atoms with Crippen molar-refractivity contribution in [2.75, 3.05) is 42.5 Å². The fraction of sp³-hybridized carbons (Fsp3) is 0.207. The van der Waals surface area contributed by atoms with Crippen LogP contribution >= 0.6 is 0 Å². The van der Waals surface area contributed by atoms with E-state index in [1.165, 1.54) is 0 Å². The molecule has 0 radical (unpaired) electrons. The molecule has 0 unspecified atom stereocenters. The average molecular weight is 473 g/mol. The molecule has 0 spiro atoms. The van der Waals surface area contributed by atoms with Gasteiger partial charge in [0.2, 0.25) is 5.75 Å². The zero-order valence-electron chi connectivity index (χ0n) is 20.9. The Morgan fingerprint density at radius 2 is 1.46 bits per heavy atom. The third-order valence-corrected chi connectivity index (χ3v) is 5.82. The van der Waals surface area contributed by atoms with Crippen LogP contribution in [0.4, 0.5) is 0 Å². The van der Waals surface area contributed by atoms with E-state index in [0.29, 0.717) is 28.8 Å². The number of benzene rings is 2. The van der Waals surface area contributed by atoms with Gasteiger partial charge in [0.05, 0.1) is 28.4 Å². The van der Waals surface area contributed by atoms with Crippen LogP contribution in [0.5, 0.6) is 28.7 Å². The molecule has 2 aromatic carbocycles. The van der Waals surface area contributed by atoms with Gasteiger partial charge in [-0.15, -0.1) is 0 Å². The minimum absolute atomic E-state index is 0.530. The number of hydrogen-bond acceptors (Lipinski definition) is 5. The molecule has 6 heteroatoms. The molecule has 2 aliphatic rings. The van der Waals surface area contributed by atoms with Crippen LogP contribution in [-0.4, -0.2) is 52.8 Å². The molecule has 0 fully saturated rings. The van der Waals surface area contributed by atoms with E-state index >= 15 is 0 Å². The zero-order valence-corrected chi connectivity index (χ0v) is 20.9. The Balaban J connectivity index is 1.81. The van der Waals surface area contributed by atoms with Gasteiger partial charge in [-0.2, -0.15) is 0 Å². The van der Waals surface area contributed by atoms with Gasteiger partial charge in [0.1, 0.15) is 31.4 Å². The standard InChI is InChI=1S/C29H30NO5/c1-30(2)22-11-8-19(9-12-22)7-10-20-15-25(35-26-18-23(31-3)13-14-24(20)26)21-16-27(32-4)29(34-6)28(17-21)33-5/h7-18H,1-6H3/q+1/b20-10-. The molecule has 1 aliphatic heterocycles. The molecule has 0 saturated heterocycles. The van der Waals surface area contributed by atoms with E-state index in [9.17, 15) is 0 Å². The van der Waals surface area contributed by atoms with Crippen molar-refractivity contribution < 1.29 is 28.3 Å². The number of hydrogen-bond donors (Lipinski definition) is 0. The van der Waals surface area contributed by atoms with Gasteiger partial charge in [-0.1, -0.05) is 12.2 Å². The quantitative estimate of drug-likeness (QED) is 0.534. The maximum Gasteiger partial charge on any atom is 0.203 e. The summed E-state index contributed by atoms with van der Waals surface area (Å²) in [5.41, 5.74) is 5.04. The Hall–Kier alpha value is -4.19. The van der Waals surface area contributed by atoms with Crippen molar-refractivity contribution >= 4 is 17.0 Å². The van der Waals surface area contributed by atoms with E-state index in [1.807, 2.05) is 50.5 Å². The molecule has 35 heavy (non-hydrogen) atoms. The van der Waals surface area contributed by atoms with E-state index in [0.717, 1.165) is 33.7 Å². The summed E-state index contributed by atoms with van der Waals surface area (Å²) >= 11 is 0. The van der Waals surface area contributed by atoms with Gasteiger partial charge < -0.3 is 23.7 Å². The highest BCUT2D eigenvalue weighted by Gasteiger charge is 2.22. The summed E-state index contributed by atoms with van der Waals surface area (Å²) in [4.78, 5) is 0. The summed E-state index contributed by atoms with van der Waals surface area (Å²) in [7, 11) is 10.5. The molecular weight excluding hydrogens is 442 g/mol. The molecule has 0 saturated carbocycles. The fourth-order valence-corrected chi connectivity index (χ4v) is 3.89. The minimum atomic E-state index is 0.530. The summed E-state index contributed by atoms with van der Waals surface area (Å²) in [6.45, 7) is 0. The lowest BCUT2D eigenvalue weighted by molar-refractivity contribution is -0.462. The van der Waals surface area contributed by atoms with Crippen molar-refractivity contribution in [1.29, 1.82) is 0 Å². The molecule has 0 atom stereocenters. The molecule has 6 nitrogen and oxygen atoms in total. The van der Waals surface area contributed by atoms with Crippen molar-refractivity contribution in [3.63, 3.8) is 0 Å². The largest absolute Gasteiger partial charge is 0.497 e. The van der Waals surface area contributed by atoms with Crippen LogP contribution in [0.1, 0.15) is 11.1 Å². The van der Waals surface area contributed by atoms with Gasteiger partial charge >= 0.3 is 0 Å². The predicted octanol–water partition coefficient (Wildman–Crippen LogP) is 5.30. The maximum absolute atomic E-state index is 6.33. The molecule has 180 valence electrons. The molecule has 0 bridgehead atoms. The Labute approximate surface area is 206 Å². The van der Waals surface area contributed by atoms with E-state index in [2.05, 4.69) is 41.0 Å². The monoisotopic (exact) mass is 472 g/mol. The second-order valence-corrected chi connectivity index (χ2v) is 8.16. The van der Waals surface area contributed by atoms with Crippen LogP contribution in [0.15, 0.2) is 78.4 Å². The average Bonchev–Trinajstić information content (AvgIpc) is 2.90. The number of allylic oxidation sites excluding steroid dienone is 9. The van der Waals surface area contributed by atoms with Crippen molar-refractivity contribution in [1.82, 2.24) is 0 Å². The Kier molecular flexibility index (Phi) is 7.11. The van der Waals surface area contributed by atoms with Crippen LogP contribution in [0.2, 0.25) is 0 Å². The minimum Gasteiger partial charge on any atom is -0.497 e. The first-order chi connectivity index (χ1) is 17.0. The normalized spacial score (nSPS) is 15.3. The summed E-state index contributed by atoms with van der Waals surface area (Å²) < 4.78 is 30.4. The van der Waals surface area contributed by atoms with E-state index in [4.69, 9.17) is 23.7 Å². The lowest BCUT2D eigenvalue weighted by Gasteiger charge is -2.22. The van der Waals surface area contributed by atoms with Crippen LogP contribution in [-0.2, 0) is 0 Å². The van der Waals surface area contributed by atoms with E-state index < -0.39 is 0 Å². The molecule has 0 N–H and O–H groups in total. The summed E-state index contributed by atoms with van der Waals surface area (Å²) in [5.74, 6) is 3.73. The van der Waals surface area contributed by atoms with Crippen LogP contribution in [0.3, 0.4) is 0 Å². The molecule has 4 rings (SSSR count). The third-order valence-electron chi connectivity index (χ3n) is 5.82. The molecule has 1 aliphatic carbocycles. The van der Waals surface area contributed by atoms with Crippen molar-refractivity contribution in [2.45, 2.75) is 0 Å². The molecule has 2 aromatic rings. The Morgan fingerprint density at radius 3 is 2.03 bits per heavy atom. The highest BCUT2D eigenvalue weighted by molar-refractivity contribution is 6.02. The first kappa shape index (κ1) is 24.0. The van der Waals surface area contributed by atoms with Gasteiger partial charge in [0.25, 0.3) is 0 Å². The van der Waals surface area contributed by atoms with Crippen molar-refractivity contribution in [3.8, 4) is 28.7 Å². The lowest BCUT2D eigenvalue weighted by atomic mass is 9.97. The number of ether oxygens (including phenoxy) is 5. The van der Waals surface area contributed by atoms with E-state index in [1.54, 1.807) is 28.4 Å². The smallest absolute Gasteiger partial charge is 0.203 e. The molecular formula is C29H30NO5+. The highest BCUT2D eigenvalue weighted by Crippen LogP contribution is 2.44. The number of rotatable bonds is 6. The predicted molar refractivity (Wildman–Crippen MR) is 139 cm³/mol. The fourth-order valence-electron chi connectivity index (χ4n) is 3.89. The second-order valence-electron chi connectivity index (χ2n) is 8.16. The van der Waals surface area contributed by atoms with Crippen molar-refractivity contribution in [2.24, 2.45) is 0 Å². The highest BCUT2D eigenvalue weighted by atomic mass is 16.5. The van der Waals surface area contributed by atoms with Crippen LogP contribution in [0, 0.1) is 0 Å². The summed E-state index contributed by atoms with van der Waals surface area (Å²) in [6.07, 6.45) is 14.6. The maximum atomic E-state index is 6.33. The number of fused-ring (bicyclic) bond motifs is 1. The SMILES string of the molecule is COc1ccc2c(c1)OC(c1cc(OC)c(OC)c(OC)c1)=C/C2=C/C=C1C=CC(=[N+](C)C)C=C1. The Morgan fingerprint density at radius 1 is 0.771 bits per heavy atom. The number of nitrogens with zero attached hydrogens (tertiary/aromatic N) is 1. The summed E-state index contributed by atoms with van der Waals surface area (Å²) in [6, 6.07) is 9.57. The second kappa shape index (κ2) is 10.4. The van der Waals surface area contributed by atoms with E-state index in [-0.39, 0.29) is 0 Å². The van der Waals surface area contributed by atoms with Gasteiger partial charge in [-0.3, -0.25) is 0 Å². The lowest BCUT2D eigenvalue weighted by Crippen LogP contribution is -2.09. The topological polar surface area (TPSA) is 49.2 Å². The van der Waals surface area contributed by atoms with Crippen molar-refractivity contribution in [3.05, 3.63) is 89.6 Å². The number of methoxy groups -OCH3 is 4. The Bertz CT molecular complexity index is 1280. The van der Waals surface area contributed by atoms with Crippen LogP contribution in [0.25, 0.3) is 11.3 Å². The third kappa shape index (κ3) is 5.01.